The van der Waals surface area contributed by atoms with Gasteiger partial charge < -0.3 is 43.2 Å². The molecule has 15 heteroatoms. The molecule has 0 spiro atoms. The summed E-state index contributed by atoms with van der Waals surface area (Å²) in [7, 11) is 0. The van der Waals surface area contributed by atoms with Crippen molar-refractivity contribution in [3.63, 3.8) is 0 Å². The lowest BCUT2D eigenvalue weighted by atomic mass is 10.0. The predicted octanol–water partition coefficient (Wildman–Crippen LogP) is -1.33. The predicted molar refractivity (Wildman–Crippen MR) is 146 cm³/mol. The van der Waals surface area contributed by atoms with Gasteiger partial charge in [-0.2, -0.15) is 11.8 Å². The van der Waals surface area contributed by atoms with E-state index in [-0.39, 0.29) is 37.6 Å². The lowest BCUT2D eigenvalue weighted by Gasteiger charge is -2.25. The zero-order chi connectivity index (χ0) is 28.7. The zero-order valence-electron chi connectivity index (χ0n) is 22.1. The quantitative estimate of drug-likeness (QED) is 0.0602. The molecule has 1 rings (SSSR count). The van der Waals surface area contributed by atoms with Crippen LogP contribution in [0.15, 0.2) is 17.5 Å². The molecule has 0 aliphatic heterocycles. The molecule has 0 saturated heterocycles. The largest absolute Gasteiger partial charge is 0.480 e. The number of imidazole rings is 1. The molecule has 4 atom stereocenters. The molecule has 38 heavy (non-hydrogen) atoms. The van der Waals surface area contributed by atoms with E-state index in [1.165, 1.54) is 24.3 Å². The molecule has 14 nitrogen and oxygen atoms in total. The third-order valence-electron chi connectivity index (χ3n) is 5.48. The van der Waals surface area contributed by atoms with Gasteiger partial charge in [0.15, 0.2) is 5.96 Å². The van der Waals surface area contributed by atoms with E-state index in [0.717, 1.165) is 0 Å². The summed E-state index contributed by atoms with van der Waals surface area (Å²) in [5, 5.41) is 17.4. The smallest absolute Gasteiger partial charge is 0.326 e. The van der Waals surface area contributed by atoms with Gasteiger partial charge in [-0.05, 0) is 43.6 Å². The molecular formula is C23H41N9O5S. The van der Waals surface area contributed by atoms with Gasteiger partial charge in [0.25, 0.3) is 0 Å². The SMILES string of the molecule is CSCCC(NC(=O)C(Cc1cnc[nH]1)NC(=O)C(N)CCCN=C(N)N)C(=O)NC(CC(C)C)C(=O)O. The molecule has 4 unspecified atom stereocenters. The number of hydrogen-bond donors (Lipinski definition) is 8. The van der Waals surface area contributed by atoms with Crippen molar-refractivity contribution in [3.05, 3.63) is 18.2 Å². The number of rotatable bonds is 18. The van der Waals surface area contributed by atoms with Crippen LogP contribution in [-0.4, -0.2) is 87.4 Å². The second-order valence-electron chi connectivity index (χ2n) is 9.27. The standard InChI is InChI=1S/C23H41N9O5S/c1-13(2)9-18(22(36)37)32-20(34)16(6-8-38-3)30-21(35)17(10-14-11-27-12-29-14)31-19(33)15(24)5-4-7-28-23(25)26/h11-13,15-18H,4-10,24H2,1-3H3,(H,27,29)(H,30,35)(H,31,33)(H,32,34)(H,36,37)(H4,25,26,28). The van der Waals surface area contributed by atoms with Gasteiger partial charge in [-0.1, -0.05) is 13.8 Å². The number of amides is 3. The maximum Gasteiger partial charge on any atom is 0.326 e. The van der Waals surface area contributed by atoms with E-state index < -0.39 is 47.9 Å². The Bertz CT molecular complexity index is 922. The molecule has 0 bridgehead atoms. The number of carboxylic acids is 1. The number of carbonyl (C=O) groups excluding carboxylic acids is 3. The topological polar surface area (TPSA) is 244 Å². The number of aromatic amines is 1. The van der Waals surface area contributed by atoms with E-state index in [1.807, 2.05) is 20.1 Å². The number of H-pyrrole nitrogens is 1. The number of hydrogen-bond acceptors (Lipinski definition) is 8. The number of aromatic nitrogens is 2. The molecular weight excluding hydrogens is 514 g/mol. The van der Waals surface area contributed by atoms with Crippen LogP contribution < -0.4 is 33.2 Å². The van der Waals surface area contributed by atoms with Gasteiger partial charge in [0.2, 0.25) is 17.7 Å². The van der Waals surface area contributed by atoms with Crippen LogP contribution in [0.4, 0.5) is 0 Å². The minimum atomic E-state index is -1.15. The van der Waals surface area contributed by atoms with E-state index in [0.29, 0.717) is 24.4 Å². The van der Waals surface area contributed by atoms with Crippen LogP contribution in [0.25, 0.3) is 0 Å². The maximum atomic E-state index is 13.3. The number of nitrogens with zero attached hydrogens (tertiary/aromatic N) is 2. The van der Waals surface area contributed by atoms with Gasteiger partial charge in [0.1, 0.15) is 18.1 Å². The van der Waals surface area contributed by atoms with E-state index in [4.69, 9.17) is 17.2 Å². The van der Waals surface area contributed by atoms with Crippen molar-refractivity contribution in [3.8, 4) is 0 Å². The Morgan fingerprint density at radius 3 is 2.24 bits per heavy atom. The lowest BCUT2D eigenvalue weighted by Crippen LogP contribution is -2.57. The van der Waals surface area contributed by atoms with Crippen LogP contribution in [0.2, 0.25) is 0 Å². The Morgan fingerprint density at radius 2 is 1.68 bits per heavy atom. The molecule has 3 amide bonds. The maximum absolute atomic E-state index is 13.3. The number of nitrogens with two attached hydrogens (primary N) is 3. The molecule has 0 saturated carbocycles. The van der Waals surface area contributed by atoms with Gasteiger partial charge >= 0.3 is 5.97 Å². The van der Waals surface area contributed by atoms with E-state index >= 15 is 0 Å². The summed E-state index contributed by atoms with van der Waals surface area (Å²) in [6.07, 6.45) is 6.13. The number of carboxylic acid groups (broad SMARTS) is 1. The summed E-state index contributed by atoms with van der Waals surface area (Å²) in [5.41, 5.74) is 17.2. The highest BCUT2D eigenvalue weighted by Crippen LogP contribution is 2.08. The minimum Gasteiger partial charge on any atom is -0.480 e. The summed E-state index contributed by atoms with van der Waals surface area (Å²) in [4.78, 5) is 61.3. The fourth-order valence-electron chi connectivity index (χ4n) is 3.50. The highest BCUT2D eigenvalue weighted by molar-refractivity contribution is 7.98. The number of carbonyl (C=O) groups is 4. The Kier molecular flexibility index (Phi) is 14.8. The molecule has 1 heterocycles. The number of nitrogens with one attached hydrogen (secondary N) is 4. The molecule has 214 valence electrons. The van der Waals surface area contributed by atoms with Crippen LogP contribution in [0.1, 0.15) is 45.2 Å². The van der Waals surface area contributed by atoms with Gasteiger partial charge in [0, 0.05) is 24.9 Å². The van der Waals surface area contributed by atoms with E-state index in [2.05, 4.69) is 30.9 Å². The Morgan fingerprint density at radius 1 is 1.05 bits per heavy atom. The van der Waals surface area contributed by atoms with Gasteiger partial charge in [-0.3, -0.25) is 19.4 Å². The molecule has 0 aliphatic rings. The first-order valence-corrected chi connectivity index (χ1v) is 13.7. The second-order valence-corrected chi connectivity index (χ2v) is 10.3. The van der Waals surface area contributed by atoms with Crippen LogP contribution in [0.3, 0.4) is 0 Å². The van der Waals surface area contributed by atoms with Crippen molar-refractivity contribution in [1.29, 1.82) is 0 Å². The fraction of sp³-hybridized carbons (Fsp3) is 0.652. The molecule has 1 aromatic heterocycles. The summed E-state index contributed by atoms with van der Waals surface area (Å²) < 4.78 is 0. The number of thioether (sulfide) groups is 1. The molecule has 0 fully saturated rings. The monoisotopic (exact) mass is 555 g/mol. The minimum absolute atomic E-state index is 0.0355. The lowest BCUT2D eigenvalue weighted by molar-refractivity contribution is -0.142. The summed E-state index contributed by atoms with van der Waals surface area (Å²) in [5.74, 6) is -2.41. The zero-order valence-corrected chi connectivity index (χ0v) is 22.9. The first-order chi connectivity index (χ1) is 17.9. The van der Waals surface area contributed by atoms with Crippen LogP contribution in [-0.2, 0) is 25.6 Å². The molecule has 0 radical (unpaired) electrons. The van der Waals surface area contributed by atoms with E-state index in [1.54, 1.807) is 0 Å². The summed E-state index contributed by atoms with van der Waals surface area (Å²) in [6.45, 7) is 4.01. The highest BCUT2D eigenvalue weighted by Gasteiger charge is 2.30. The van der Waals surface area contributed by atoms with Crippen molar-refractivity contribution in [1.82, 2.24) is 25.9 Å². The first kappa shape index (κ1) is 32.7. The average Bonchev–Trinajstić information content (AvgIpc) is 3.35. The second kappa shape index (κ2) is 17.2. The molecule has 0 aliphatic carbocycles. The number of aliphatic carboxylic acids is 1. The van der Waals surface area contributed by atoms with Crippen molar-refractivity contribution in [2.75, 3.05) is 18.6 Å². The van der Waals surface area contributed by atoms with Gasteiger partial charge in [0.05, 0.1) is 12.4 Å². The molecule has 11 N–H and O–H groups in total. The Balaban J connectivity index is 2.97. The Hall–Kier alpha value is -3.33. The fourth-order valence-corrected chi connectivity index (χ4v) is 3.97. The third kappa shape index (κ3) is 12.8. The van der Waals surface area contributed by atoms with Crippen molar-refractivity contribution >= 4 is 41.4 Å². The number of aliphatic imine (C=N–C) groups is 1. The molecule has 1 aromatic rings. The highest BCUT2D eigenvalue weighted by atomic mass is 32.2. The van der Waals surface area contributed by atoms with Crippen molar-refractivity contribution in [2.45, 2.75) is 70.1 Å². The van der Waals surface area contributed by atoms with Crippen molar-refractivity contribution < 1.29 is 24.3 Å². The third-order valence-corrected chi connectivity index (χ3v) is 6.13. The van der Waals surface area contributed by atoms with Crippen LogP contribution in [0, 0.1) is 5.92 Å². The van der Waals surface area contributed by atoms with Crippen LogP contribution >= 0.6 is 11.8 Å². The summed E-state index contributed by atoms with van der Waals surface area (Å²) >= 11 is 1.48. The Labute approximate surface area is 226 Å². The van der Waals surface area contributed by atoms with Crippen LogP contribution in [0.5, 0.6) is 0 Å². The average molecular weight is 556 g/mol. The van der Waals surface area contributed by atoms with Crippen molar-refractivity contribution in [2.24, 2.45) is 28.1 Å². The summed E-state index contributed by atoms with van der Waals surface area (Å²) in [6, 6.07) is -4.07. The first-order valence-electron chi connectivity index (χ1n) is 12.4. The molecule has 0 aromatic carbocycles. The normalized spacial score (nSPS) is 14.1. The van der Waals surface area contributed by atoms with Gasteiger partial charge in [-0.25, -0.2) is 9.78 Å². The number of guanidine groups is 1. The van der Waals surface area contributed by atoms with Gasteiger partial charge in [-0.15, -0.1) is 0 Å². The van der Waals surface area contributed by atoms with E-state index in [9.17, 15) is 24.3 Å².